The van der Waals surface area contributed by atoms with Gasteiger partial charge in [-0.25, -0.2) is 0 Å². The van der Waals surface area contributed by atoms with Gasteiger partial charge < -0.3 is 10.2 Å². The van der Waals surface area contributed by atoms with Gasteiger partial charge in [-0.15, -0.1) is 0 Å². The zero-order chi connectivity index (χ0) is 13.8. The average molecular weight is 258 g/mol. The molecule has 1 aliphatic rings. The summed E-state index contributed by atoms with van der Waals surface area (Å²) in [6, 6.07) is 7.57. The van der Waals surface area contributed by atoms with E-state index in [0.717, 1.165) is 17.7 Å². The highest BCUT2D eigenvalue weighted by Gasteiger charge is 2.23. The minimum absolute atomic E-state index is 0.0753. The second kappa shape index (κ2) is 5.69. The smallest absolute Gasteiger partial charge is 0.249 e. The van der Waals surface area contributed by atoms with Gasteiger partial charge in [0, 0.05) is 17.8 Å². The van der Waals surface area contributed by atoms with Crippen LogP contribution in [-0.4, -0.2) is 23.3 Å². The van der Waals surface area contributed by atoms with Crippen LogP contribution >= 0.6 is 0 Å². The third kappa shape index (κ3) is 3.02. The molecule has 0 spiro atoms. The maximum Gasteiger partial charge on any atom is 0.249 e. The van der Waals surface area contributed by atoms with Gasteiger partial charge in [-0.3, -0.25) is 9.59 Å². The fourth-order valence-electron chi connectivity index (χ4n) is 2.19. The number of hydrogen-bond donors (Lipinski definition) is 1. The number of hydrogen-bond acceptors (Lipinski definition) is 2. The Labute approximate surface area is 113 Å². The molecule has 1 aromatic carbocycles. The van der Waals surface area contributed by atoms with Crippen LogP contribution in [0.2, 0.25) is 0 Å². The molecule has 0 aliphatic carbocycles. The molecule has 0 fully saturated rings. The minimum Gasteiger partial charge on any atom is -0.325 e. The molecule has 1 heterocycles. The number of carbonyl (C=O) groups excluding carboxylic acids is 2. The van der Waals surface area contributed by atoms with E-state index in [1.165, 1.54) is 0 Å². The van der Waals surface area contributed by atoms with Gasteiger partial charge >= 0.3 is 0 Å². The maximum atomic E-state index is 12.3. The van der Waals surface area contributed by atoms with Crippen molar-refractivity contribution in [3.8, 4) is 0 Å². The Balaban J connectivity index is 2.27. The molecular formula is C15H18N2O2. The van der Waals surface area contributed by atoms with Gasteiger partial charge in [0.2, 0.25) is 11.8 Å². The molecule has 0 bridgehead atoms. The minimum atomic E-state index is -0.150. The largest absolute Gasteiger partial charge is 0.325 e. The molecule has 100 valence electrons. The lowest BCUT2D eigenvalue weighted by atomic mass is 10.1. The van der Waals surface area contributed by atoms with E-state index in [9.17, 15) is 9.59 Å². The van der Waals surface area contributed by atoms with Crippen LogP contribution in [-0.2, 0) is 16.1 Å². The standard InChI is InChI=1S/C15H18N2O2/c1-3-6-11(2)15(19)17-9-12-7-4-5-8-13(12)16-14(18)10-17/h4-8H,3,9-10H2,1-2H3,(H,16,18). The predicted molar refractivity (Wildman–Crippen MR) is 74.5 cm³/mol. The van der Waals surface area contributed by atoms with E-state index in [1.54, 1.807) is 11.8 Å². The van der Waals surface area contributed by atoms with Crippen LogP contribution in [0.4, 0.5) is 5.69 Å². The van der Waals surface area contributed by atoms with Gasteiger partial charge in [0.05, 0.1) is 0 Å². The highest BCUT2D eigenvalue weighted by molar-refractivity contribution is 6.00. The molecule has 2 rings (SSSR count). The second-order valence-corrected chi connectivity index (χ2v) is 4.66. The van der Waals surface area contributed by atoms with E-state index < -0.39 is 0 Å². The third-order valence-corrected chi connectivity index (χ3v) is 3.12. The van der Waals surface area contributed by atoms with Crippen molar-refractivity contribution < 1.29 is 9.59 Å². The average Bonchev–Trinajstić information content (AvgIpc) is 2.55. The van der Waals surface area contributed by atoms with E-state index in [1.807, 2.05) is 37.3 Å². The van der Waals surface area contributed by atoms with E-state index in [0.29, 0.717) is 12.1 Å². The van der Waals surface area contributed by atoms with Crippen molar-refractivity contribution in [2.75, 3.05) is 11.9 Å². The Morgan fingerprint density at radius 1 is 1.37 bits per heavy atom. The molecule has 1 N–H and O–H groups in total. The maximum absolute atomic E-state index is 12.3. The summed E-state index contributed by atoms with van der Waals surface area (Å²) in [4.78, 5) is 25.7. The third-order valence-electron chi connectivity index (χ3n) is 3.12. The Morgan fingerprint density at radius 3 is 2.84 bits per heavy atom. The fraction of sp³-hybridized carbons (Fsp3) is 0.333. The highest BCUT2D eigenvalue weighted by atomic mass is 16.2. The summed E-state index contributed by atoms with van der Waals surface area (Å²) in [6.07, 6.45) is 2.70. The van der Waals surface area contributed by atoms with Gasteiger partial charge in [-0.1, -0.05) is 31.2 Å². The lowest BCUT2D eigenvalue weighted by Gasteiger charge is -2.19. The Morgan fingerprint density at radius 2 is 2.11 bits per heavy atom. The quantitative estimate of drug-likeness (QED) is 0.828. The number of amides is 2. The number of nitrogens with one attached hydrogen (secondary N) is 1. The van der Waals surface area contributed by atoms with Crippen LogP contribution in [0.15, 0.2) is 35.9 Å². The number of nitrogens with zero attached hydrogens (tertiary/aromatic N) is 1. The zero-order valence-electron chi connectivity index (χ0n) is 11.3. The van der Waals surface area contributed by atoms with Crippen molar-refractivity contribution in [1.29, 1.82) is 0 Å². The van der Waals surface area contributed by atoms with Crippen LogP contribution in [0.1, 0.15) is 25.8 Å². The number of fused-ring (bicyclic) bond motifs is 1. The van der Waals surface area contributed by atoms with Crippen molar-refractivity contribution in [3.05, 3.63) is 41.5 Å². The topological polar surface area (TPSA) is 49.4 Å². The number of carbonyl (C=O) groups is 2. The summed E-state index contributed by atoms with van der Waals surface area (Å²) in [7, 11) is 0. The highest BCUT2D eigenvalue weighted by Crippen LogP contribution is 2.21. The van der Waals surface area contributed by atoms with Gasteiger partial charge in [0.15, 0.2) is 0 Å². The lowest BCUT2D eigenvalue weighted by Crippen LogP contribution is -2.35. The normalized spacial score (nSPS) is 15.6. The van der Waals surface area contributed by atoms with Crippen LogP contribution in [0.25, 0.3) is 0 Å². The molecule has 0 atom stereocenters. The summed E-state index contributed by atoms with van der Waals surface area (Å²) < 4.78 is 0. The molecule has 0 saturated heterocycles. The van der Waals surface area contributed by atoms with Crippen LogP contribution < -0.4 is 5.32 Å². The van der Waals surface area contributed by atoms with E-state index in [4.69, 9.17) is 0 Å². The molecule has 0 unspecified atom stereocenters. The summed E-state index contributed by atoms with van der Waals surface area (Å²) in [5.41, 5.74) is 2.45. The first-order valence-corrected chi connectivity index (χ1v) is 6.45. The SMILES string of the molecule is CCC=C(C)C(=O)N1CC(=O)Nc2ccccc2C1. The summed E-state index contributed by atoms with van der Waals surface area (Å²) >= 11 is 0. The van der Waals surface area contributed by atoms with Gasteiger partial charge in [-0.05, 0) is 25.0 Å². The van der Waals surface area contributed by atoms with E-state index >= 15 is 0 Å². The van der Waals surface area contributed by atoms with Crippen molar-refractivity contribution >= 4 is 17.5 Å². The molecular weight excluding hydrogens is 240 g/mol. The predicted octanol–water partition coefficient (Wildman–Crippen LogP) is 2.32. The lowest BCUT2D eigenvalue weighted by molar-refractivity contribution is -0.131. The number of anilines is 1. The second-order valence-electron chi connectivity index (χ2n) is 4.66. The molecule has 1 aliphatic heterocycles. The molecule has 0 aromatic heterocycles. The fourth-order valence-corrected chi connectivity index (χ4v) is 2.19. The van der Waals surface area contributed by atoms with Gasteiger partial charge in [0.25, 0.3) is 0 Å². The summed E-state index contributed by atoms with van der Waals surface area (Å²) in [5, 5.41) is 2.83. The molecule has 4 heteroatoms. The Bertz CT molecular complexity index is 535. The number of benzene rings is 1. The monoisotopic (exact) mass is 258 g/mol. The first kappa shape index (κ1) is 13.3. The number of rotatable bonds is 2. The summed E-state index contributed by atoms with van der Waals surface area (Å²) in [5.74, 6) is -0.226. The Hall–Kier alpha value is -2.10. The molecule has 2 amide bonds. The first-order chi connectivity index (χ1) is 9.11. The zero-order valence-corrected chi connectivity index (χ0v) is 11.3. The van der Waals surface area contributed by atoms with Crippen molar-refractivity contribution in [3.63, 3.8) is 0 Å². The van der Waals surface area contributed by atoms with E-state index in [2.05, 4.69) is 5.32 Å². The van der Waals surface area contributed by atoms with E-state index in [-0.39, 0.29) is 18.4 Å². The molecule has 0 radical (unpaired) electrons. The molecule has 4 nitrogen and oxygen atoms in total. The van der Waals surface area contributed by atoms with Crippen LogP contribution in [0.5, 0.6) is 0 Å². The number of allylic oxidation sites excluding steroid dienone is 1. The van der Waals surface area contributed by atoms with Crippen LogP contribution in [0, 0.1) is 0 Å². The van der Waals surface area contributed by atoms with Crippen molar-refractivity contribution in [2.24, 2.45) is 0 Å². The van der Waals surface area contributed by atoms with Gasteiger partial charge in [0.1, 0.15) is 6.54 Å². The molecule has 1 aromatic rings. The Kier molecular flexibility index (Phi) is 4.00. The van der Waals surface area contributed by atoms with Crippen molar-refractivity contribution in [2.45, 2.75) is 26.8 Å². The molecule has 19 heavy (non-hydrogen) atoms. The van der Waals surface area contributed by atoms with Crippen LogP contribution in [0.3, 0.4) is 0 Å². The molecule has 0 saturated carbocycles. The summed E-state index contributed by atoms with van der Waals surface area (Å²) in [6.45, 7) is 4.34. The van der Waals surface area contributed by atoms with Gasteiger partial charge in [-0.2, -0.15) is 0 Å². The number of para-hydroxylation sites is 1. The van der Waals surface area contributed by atoms with Crippen molar-refractivity contribution in [1.82, 2.24) is 4.90 Å². The first-order valence-electron chi connectivity index (χ1n) is 6.45.